The molecule has 3 heteroatoms. The molecule has 0 bridgehead atoms. The molecule has 1 atom stereocenters. The lowest BCUT2D eigenvalue weighted by Gasteiger charge is -2.35. The molecule has 0 aromatic carbocycles. The third-order valence-electron chi connectivity index (χ3n) is 2.64. The highest BCUT2D eigenvalue weighted by molar-refractivity contribution is 7.10. The van der Waals surface area contributed by atoms with Crippen LogP contribution in [0.15, 0.2) is 11.4 Å². The Hall–Kier alpha value is -0.540. The highest BCUT2D eigenvalue weighted by Crippen LogP contribution is 2.27. The van der Waals surface area contributed by atoms with Gasteiger partial charge in [0.1, 0.15) is 0 Å². The molecule has 72 valence electrons. The van der Waals surface area contributed by atoms with Gasteiger partial charge in [-0.3, -0.25) is 0 Å². The predicted molar refractivity (Wildman–Crippen MR) is 58.7 cm³/mol. The van der Waals surface area contributed by atoms with Crippen molar-refractivity contribution in [2.45, 2.75) is 19.9 Å². The number of piperazine rings is 1. The van der Waals surface area contributed by atoms with Gasteiger partial charge in [0.25, 0.3) is 0 Å². The number of hydrogen-bond acceptors (Lipinski definition) is 3. The average Bonchev–Trinajstić information content (AvgIpc) is 2.52. The van der Waals surface area contributed by atoms with Crippen LogP contribution < -0.4 is 10.2 Å². The molecule has 0 radical (unpaired) electrons. The molecule has 2 rings (SSSR count). The summed E-state index contributed by atoms with van der Waals surface area (Å²) in [6.45, 7) is 7.84. The van der Waals surface area contributed by atoms with Crippen molar-refractivity contribution in [3.8, 4) is 0 Å². The van der Waals surface area contributed by atoms with E-state index in [1.54, 1.807) is 0 Å². The van der Waals surface area contributed by atoms with E-state index in [2.05, 4.69) is 35.5 Å². The van der Waals surface area contributed by atoms with Gasteiger partial charge in [-0.25, -0.2) is 0 Å². The van der Waals surface area contributed by atoms with Crippen LogP contribution in [0.5, 0.6) is 0 Å². The average molecular weight is 196 g/mol. The third-order valence-corrected chi connectivity index (χ3v) is 3.48. The van der Waals surface area contributed by atoms with Crippen LogP contribution in [0.4, 0.5) is 5.69 Å². The van der Waals surface area contributed by atoms with Crippen molar-refractivity contribution in [2.24, 2.45) is 0 Å². The first kappa shape index (κ1) is 9.03. The van der Waals surface area contributed by atoms with Crippen LogP contribution in [0.2, 0.25) is 0 Å². The Morgan fingerprint density at radius 1 is 1.62 bits per heavy atom. The molecule has 1 aliphatic rings. The molecule has 0 spiro atoms. The van der Waals surface area contributed by atoms with Gasteiger partial charge >= 0.3 is 0 Å². The minimum absolute atomic E-state index is 0.627. The summed E-state index contributed by atoms with van der Waals surface area (Å²) in [7, 11) is 0. The Morgan fingerprint density at radius 3 is 3.08 bits per heavy atom. The van der Waals surface area contributed by atoms with Crippen LogP contribution in [0.1, 0.15) is 11.8 Å². The summed E-state index contributed by atoms with van der Waals surface area (Å²) < 4.78 is 0. The number of thiophene rings is 1. The fourth-order valence-electron chi connectivity index (χ4n) is 1.88. The monoisotopic (exact) mass is 196 g/mol. The molecule has 2 heterocycles. The summed E-state index contributed by atoms with van der Waals surface area (Å²) in [5.41, 5.74) is 1.43. The summed E-state index contributed by atoms with van der Waals surface area (Å²) in [5.74, 6) is 0. The summed E-state index contributed by atoms with van der Waals surface area (Å²) >= 11 is 1.84. The van der Waals surface area contributed by atoms with Crippen molar-refractivity contribution in [3.63, 3.8) is 0 Å². The number of anilines is 1. The first-order valence-electron chi connectivity index (χ1n) is 4.80. The second-order valence-corrected chi connectivity index (χ2v) is 4.73. The molecule has 1 saturated heterocycles. The van der Waals surface area contributed by atoms with Crippen LogP contribution in [0.3, 0.4) is 0 Å². The van der Waals surface area contributed by atoms with E-state index in [4.69, 9.17) is 0 Å². The fourth-order valence-corrected chi connectivity index (χ4v) is 2.58. The zero-order valence-electron chi connectivity index (χ0n) is 8.21. The highest BCUT2D eigenvalue weighted by Gasteiger charge is 2.19. The Bertz CT molecular complexity index is 282. The standard InChI is InChI=1S/C10H16N2S/c1-8-7-11-4-5-12(8)10-3-6-13-9(10)2/h3,6,8,11H,4-5,7H2,1-2H3/t8-/m1/s1. The zero-order chi connectivity index (χ0) is 9.26. The van der Waals surface area contributed by atoms with Gasteiger partial charge in [0, 0.05) is 30.6 Å². The van der Waals surface area contributed by atoms with Gasteiger partial charge in [-0.15, -0.1) is 11.3 Å². The summed E-state index contributed by atoms with van der Waals surface area (Å²) in [6, 6.07) is 2.86. The molecular weight excluding hydrogens is 180 g/mol. The zero-order valence-corrected chi connectivity index (χ0v) is 9.03. The van der Waals surface area contributed by atoms with Gasteiger partial charge in [0.15, 0.2) is 0 Å². The van der Waals surface area contributed by atoms with Gasteiger partial charge in [-0.05, 0) is 25.3 Å². The molecule has 2 nitrogen and oxygen atoms in total. The molecule has 0 aliphatic carbocycles. The van der Waals surface area contributed by atoms with Crippen LogP contribution in [0.25, 0.3) is 0 Å². The minimum Gasteiger partial charge on any atom is -0.365 e. The lowest BCUT2D eigenvalue weighted by atomic mass is 10.2. The van der Waals surface area contributed by atoms with Crippen LogP contribution in [-0.4, -0.2) is 25.7 Å². The van der Waals surface area contributed by atoms with Crippen molar-refractivity contribution in [1.29, 1.82) is 0 Å². The molecule has 0 saturated carbocycles. The number of hydrogen-bond donors (Lipinski definition) is 1. The normalized spacial score (nSPS) is 23.5. The van der Waals surface area contributed by atoms with E-state index in [0.717, 1.165) is 19.6 Å². The molecule has 0 amide bonds. The van der Waals surface area contributed by atoms with Crippen LogP contribution >= 0.6 is 11.3 Å². The van der Waals surface area contributed by atoms with Crippen molar-refractivity contribution in [2.75, 3.05) is 24.5 Å². The quantitative estimate of drug-likeness (QED) is 0.737. The Balaban J connectivity index is 2.19. The van der Waals surface area contributed by atoms with Crippen LogP contribution in [-0.2, 0) is 0 Å². The maximum absolute atomic E-state index is 3.41. The van der Waals surface area contributed by atoms with E-state index in [0.29, 0.717) is 6.04 Å². The van der Waals surface area contributed by atoms with Crippen molar-refractivity contribution in [1.82, 2.24) is 5.32 Å². The molecule has 1 aromatic heterocycles. The Labute approximate surface area is 83.6 Å². The lowest BCUT2D eigenvalue weighted by molar-refractivity contribution is 0.501. The van der Waals surface area contributed by atoms with E-state index < -0.39 is 0 Å². The largest absolute Gasteiger partial charge is 0.365 e. The molecule has 1 fully saturated rings. The van der Waals surface area contributed by atoms with E-state index >= 15 is 0 Å². The van der Waals surface area contributed by atoms with Crippen molar-refractivity contribution >= 4 is 17.0 Å². The SMILES string of the molecule is Cc1sccc1N1CCNC[C@H]1C. The first-order valence-corrected chi connectivity index (χ1v) is 5.68. The topological polar surface area (TPSA) is 15.3 Å². The molecule has 0 unspecified atom stereocenters. The van der Waals surface area contributed by atoms with Crippen molar-refractivity contribution < 1.29 is 0 Å². The van der Waals surface area contributed by atoms with Gasteiger partial charge in [-0.2, -0.15) is 0 Å². The van der Waals surface area contributed by atoms with Gasteiger partial charge in [0.2, 0.25) is 0 Å². The van der Waals surface area contributed by atoms with E-state index in [1.165, 1.54) is 10.6 Å². The summed E-state index contributed by atoms with van der Waals surface area (Å²) in [5, 5.41) is 5.59. The molecule has 13 heavy (non-hydrogen) atoms. The second-order valence-electron chi connectivity index (χ2n) is 3.61. The molecular formula is C10H16N2S. The van der Waals surface area contributed by atoms with E-state index in [9.17, 15) is 0 Å². The van der Waals surface area contributed by atoms with Gasteiger partial charge in [0.05, 0.1) is 5.69 Å². The number of nitrogens with one attached hydrogen (secondary N) is 1. The van der Waals surface area contributed by atoms with Crippen molar-refractivity contribution in [3.05, 3.63) is 16.3 Å². The highest BCUT2D eigenvalue weighted by atomic mass is 32.1. The summed E-state index contributed by atoms with van der Waals surface area (Å²) in [4.78, 5) is 3.94. The number of rotatable bonds is 1. The third kappa shape index (κ3) is 1.71. The fraction of sp³-hybridized carbons (Fsp3) is 0.600. The van der Waals surface area contributed by atoms with Gasteiger partial charge in [-0.1, -0.05) is 0 Å². The van der Waals surface area contributed by atoms with Gasteiger partial charge < -0.3 is 10.2 Å². The second kappa shape index (κ2) is 3.68. The van der Waals surface area contributed by atoms with E-state index in [-0.39, 0.29) is 0 Å². The molecule has 1 aliphatic heterocycles. The smallest absolute Gasteiger partial charge is 0.0507 e. The molecule has 1 aromatic rings. The van der Waals surface area contributed by atoms with E-state index in [1.807, 2.05) is 11.3 Å². The Kier molecular flexibility index (Phi) is 2.56. The number of aryl methyl sites for hydroxylation is 1. The number of nitrogens with zero attached hydrogens (tertiary/aromatic N) is 1. The molecule has 1 N–H and O–H groups in total. The Morgan fingerprint density at radius 2 is 2.46 bits per heavy atom. The maximum Gasteiger partial charge on any atom is 0.0507 e. The lowest BCUT2D eigenvalue weighted by Crippen LogP contribution is -2.50. The predicted octanol–water partition coefficient (Wildman–Crippen LogP) is 1.85. The maximum atomic E-state index is 3.41. The van der Waals surface area contributed by atoms with Crippen LogP contribution in [0, 0.1) is 6.92 Å². The minimum atomic E-state index is 0.627. The summed E-state index contributed by atoms with van der Waals surface area (Å²) in [6.07, 6.45) is 0. The first-order chi connectivity index (χ1) is 6.29.